The van der Waals surface area contributed by atoms with Crippen LogP contribution in [0.2, 0.25) is 5.02 Å². The lowest BCUT2D eigenvalue weighted by Gasteiger charge is -2.29. The molecule has 2 aromatic carbocycles. The number of aromatic nitrogens is 2. The molecule has 0 saturated carbocycles. The van der Waals surface area contributed by atoms with Crippen LogP contribution >= 0.6 is 23.8 Å². The number of hydrogen-bond acceptors (Lipinski definition) is 4. The first-order valence-corrected chi connectivity index (χ1v) is 11.2. The zero-order valence-electron chi connectivity index (χ0n) is 17.7. The molecule has 2 aromatic heterocycles. The Morgan fingerprint density at radius 2 is 1.91 bits per heavy atom. The van der Waals surface area contributed by atoms with E-state index in [4.69, 9.17) is 23.8 Å². The Labute approximate surface area is 205 Å². The second kappa shape index (κ2) is 8.81. The zero-order chi connectivity index (χ0) is 23.8. The summed E-state index contributed by atoms with van der Waals surface area (Å²) >= 11 is 12.0. The smallest absolute Gasteiger partial charge is 0.335 e. The lowest BCUT2D eigenvalue weighted by atomic mass is 10.0. The van der Waals surface area contributed by atoms with Crippen molar-refractivity contribution in [1.29, 1.82) is 0 Å². The van der Waals surface area contributed by atoms with Crippen molar-refractivity contribution < 1.29 is 15.0 Å². The minimum Gasteiger partial charge on any atom is -0.506 e. The summed E-state index contributed by atoms with van der Waals surface area (Å²) < 4.78 is 1.91. The topological polar surface area (TPSA) is 90.6 Å². The Bertz CT molecular complexity index is 1390. The number of aromatic hydroxyl groups is 1. The van der Waals surface area contributed by atoms with Crippen LogP contribution in [0.1, 0.15) is 33.8 Å². The van der Waals surface area contributed by atoms with E-state index in [-0.39, 0.29) is 17.4 Å². The number of aromatic carboxylic acids is 1. The maximum absolute atomic E-state index is 11.6. The van der Waals surface area contributed by atoms with Gasteiger partial charge >= 0.3 is 5.97 Å². The van der Waals surface area contributed by atoms with E-state index in [1.807, 2.05) is 52.1 Å². The Hall–Kier alpha value is -3.88. The molecule has 170 valence electrons. The summed E-state index contributed by atoms with van der Waals surface area (Å²) in [5.41, 5.74) is 2.92. The second-order valence-corrected chi connectivity index (χ2v) is 8.61. The number of hydrogen-bond donors (Lipinski definition) is 3. The summed E-state index contributed by atoms with van der Waals surface area (Å²) in [7, 11) is 0. The highest BCUT2D eigenvalue weighted by molar-refractivity contribution is 7.80. The van der Waals surface area contributed by atoms with Crippen LogP contribution in [0.15, 0.2) is 85.2 Å². The van der Waals surface area contributed by atoms with E-state index in [1.54, 1.807) is 36.5 Å². The van der Waals surface area contributed by atoms with E-state index in [2.05, 4.69) is 10.3 Å². The molecule has 9 heteroatoms. The van der Waals surface area contributed by atoms with Crippen molar-refractivity contribution >= 4 is 40.6 Å². The van der Waals surface area contributed by atoms with Crippen LogP contribution < -0.4 is 10.2 Å². The quantitative estimate of drug-likeness (QED) is 0.335. The van der Waals surface area contributed by atoms with Crippen molar-refractivity contribution in [2.24, 2.45) is 0 Å². The fourth-order valence-corrected chi connectivity index (χ4v) is 4.77. The highest BCUT2D eigenvalue weighted by atomic mass is 35.5. The van der Waals surface area contributed by atoms with E-state index in [9.17, 15) is 15.0 Å². The van der Waals surface area contributed by atoms with Gasteiger partial charge < -0.3 is 25.0 Å². The predicted octanol–water partition coefficient (Wildman–Crippen LogP) is 5.11. The molecule has 1 fully saturated rings. The fraction of sp³-hybridized carbons (Fsp3) is 0.0800. The van der Waals surface area contributed by atoms with Gasteiger partial charge in [0.25, 0.3) is 0 Å². The third-order valence-corrected chi connectivity index (χ3v) is 6.30. The first-order valence-electron chi connectivity index (χ1n) is 10.4. The molecule has 0 amide bonds. The molecule has 0 unspecified atom stereocenters. The first-order chi connectivity index (χ1) is 16.4. The van der Waals surface area contributed by atoms with Crippen molar-refractivity contribution in [3.8, 4) is 11.4 Å². The van der Waals surface area contributed by atoms with Gasteiger partial charge in [0.2, 0.25) is 0 Å². The van der Waals surface area contributed by atoms with Crippen molar-refractivity contribution in [2.75, 3.05) is 4.90 Å². The van der Waals surface area contributed by atoms with E-state index >= 15 is 0 Å². The number of carboxylic acids is 1. The summed E-state index contributed by atoms with van der Waals surface area (Å²) in [5.74, 6) is -0.970. The second-order valence-electron chi connectivity index (χ2n) is 7.79. The van der Waals surface area contributed by atoms with Crippen molar-refractivity contribution in [2.45, 2.75) is 12.1 Å². The molecule has 0 aliphatic carbocycles. The van der Waals surface area contributed by atoms with Crippen LogP contribution in [-0.4, -0.2) is 30.8 Å². The number of carbonyl (C=O) groups is 1. The standard InChI is InChI=1S/C25H19ClN4O3S/c26-16-9-10-21(31)20(14-16)30-23(22(28-25(30)34)18-7-1-2-11-27-18)19-8-4-12-29(19)17-6-3-5-15(13-17)24(32)33/h1-14,22-23,31H,(H,28,34)(H,32,33)/t22-,23+/m1/s1. The predicted molar refractivity (Wildman–Crippen MR) is 134 cm³/mol. The Morgan fingerprint density at radius 3 is 2.68 bits per heavy atom. The minimum atomic E-state index is -1.00. The average molecular weight is 491 g/mol. The maximum atomic E-state index is 11.6. The maximum Gasteiger partial charge on any atom is 0.335 e. The number of thiocarbonyl (C=S) groups is 1. The van der Waals surface area contributed by atoms with Gasteiger partial charge in [0.15, 0.2) is 5.11 Å². The third-order valence-electron chi connectivity index (χ3n) is 5.75. The molecule has 2 atom stereocenters. The number of phenolic OH excluding ortho intramolecular Hbond substituents is 1. The average Bonchev–Trinajstić information content (AvgIpc) is 3.45. The molecule has 1 aliphatic heterocycles. The molecule has 1 saturated heterocycles. The van der Waals surface area contributed by atoms with Gasteiger partial charge in [-0.2, -0.15) is 0 Å². The molecule has 0 radical (unpaired) electrons. The van der Waals surface area contributed by atoms with E-state index in [0.29, 0.717) is 21.5 Å². The molecule has 7 nitrogen and oxygen atoms in total. The Balaban J connectivity index is 1.69. The van der Waals surface area contributed by atoms with Gasteiger partial charge in [0, 0.05) is 28.8 Å². The molecule has 34 heavy (non-hydrogen) atoms. The number of nitrogens with zero attached hydrogens (tertiary/aromatic N) is 3. The number of phenols is 1. The summed E-state index contributed by atoms with van der Waals surface area (Å²) in [6, 6.07) is 20.2. The number of carboxylic acid groups (broad SMARTS) is 1. The number of nitrogens with one attached hydrogen (secondary N) is 1. The van der Waals surface area contributed by atoms with Gasteiger partial charge in [-0.3, -0.25) is 4.98 Å². The first kappa shape index (κ1) is 21.9. The highest BCUT2D eigenvalue weighted by Crippen LogP contribution is 2.45. The van der Waals surface area contributed by atoms with E-state index < -0.39 is 12.0 Å². The van der Waals surface area contributed by atoms with Crippen molar-refractivity contribution in [3.63, 3.8) is 0 Å². The summed E-state index contributed by atoms with van der Waals surface area (Å²) in [6.45, 7) is 0. The zero-order valence-corrected chi connectivity index (χ0v) is 19.2. The van der Waals surface area contributed by atoms with Crippen LogP contribution in [-0.2, 0) is 0 Å². The largest absolute Gasteiger partial charge is 0.506 e. The monoisotopic (exact) mass is 490 g/mol. The number of rotatable bonds is 5. The Kier molecular flexibility index (Phi) is 5.69. The molecule has 3 heterocycles. The van der Waals surface area contributed by atoms with Gasteiger partial charge in [0.05, 0.1) is 23.0 Å². The van der Waals surface area contributed by atoms with Gasteiger partial charge in [-0.1, -0.05) is 23.7 Å². The number of pyridine rings is 1. The van der Waals surface area contributed by atoms with Crippen molar-refractivity contribution in [3.05, 3.63) is 107 Å². The van der Waals surface area contributed by atoms with Crippen molar-refractivity contribution in [1.82, 2.24) is 14.9 Å². The Morgan fingerprint density at radius 1 is 1.06 bits per heavy atom. The number of benzene rings is 2. The SMILES string of the molecule is O=C(O)c1cccc(-n2cccc2[C@H]2[C@@H](c3ccccn3)NC(=S)N2c2cc(Cl)ccc2O)c1. The molecule has 1 aliphatic rings. The van der Waals surface area contributed by atoms with Gasteiger partial charge in [0.1, 0.15) is 11.8 Å². The number of anilines is 1. The van der Waals surface area contributed by atoms with Crippen LogP contribution in [0.4, 0.5) is 5.69 Å². The van der Waals surface area contributed by atoms with Crippen LogP contribution in [0, 0.1) is 0 Å². The summed E-state index contributed by atoms with van der Waals surface area (Å²) in [4.78, 5) is 17.9. The summed E-state index contributed by atoms with van der Waals surface area (Å²) in [6.07, 6.45) is 3.58. The molecular weight excluding hydrogens is 472 g/mol. The summed E-state index contributed by atoms with van der Waals surface area (Å²) in [5, 5.41) is 24.4. The van der Waals surface area contributed by atoms with Crippen LogP contribution in [0.3, 0.4) is 0 Å². The van der Waals surface area contributed by atoms with E-state index in [0.717, 1.165) is 11.4 Å². The lowest BCUT2D eigenvalue weighted by molar-refractivity contribution is 0.0697. The fourth-order valence-electron chi connectivity index (χ4n) is 4.26. The normalized spacial score (nSPS) is 17.6. The molecule has 3 N–H and O–H groups in total. The van der Waals surface area contributed by atoms with E-state index in [1.165, 1.54) is 6.07 Å². The minimum absolute atomic E-state index is 0.0335. The number of halogens is 1. The van der Waals surface area contributed by atoms with Gasteiger partial charge in [-0.25, -0.2) is 4.79 Å². The van der Waals surface area contributed by atoms with Gasteiger partial charge in [-0.05, 0) is 72.9 Å². The molecule has 5 rings (SSSR count). The highest BCUT2D eigenvalue weighted by Gasteiger charge is 2.43. The third kappa shape index (κ3) is 3.87. The molecule has 0 bridgehead atoms. The molecular formula is C25H19ClN4O3S. The molecule has 4 aromatic rings. The van der Waals surface area contributed by atoms with Crippen LogP contribution in [0.25, 0.3) is 5.69 Å². The van der Waals surface area contributed by atoms with Gasteiger partial charge in [-0.15, -0.1) is 0 Å². The van der Waals surface area contributed by atoms with Crippen LogP contribution in [0.5, 0.6) is 5.75 Å². The lowest BCUT2D eigenvalue weighted by Crippen LogP contribution is -2.30. The molecule has 0 spiro atoms.